The maximum Gasteiger partial charge on any atom is 0.340 e. The van der Waals surface area contributed by atoms with Crippen molar-refractivity contribution in [1.29, 1.82) is 0 Å². The number of hydrogen-bond donors (Lipinski definition) is 2. The smallest absolute Gasteiger partial charge is 0.340 e. The van der Waals surface area contributed by atoms with E-state index < -0.39 is 0 Å². The van der Waals surface area contributed by atoms with Gasteiger partial charge in [0.1, 0.15) is 5.65 Å². The van der Waals surface area contributed by atoms with Crippen LogP contribution in [0.3, 0.4) is 0 Å². The zero-order chi connectivity index (χ0) is 11.0. The van der Waals surface area contributed by atoms with E-state index in [1.165, 1.54) is 7.11 Å². The number of methoxy groups -OCH3 is 1. The summed E-state index contributed by atoms with van der Waals surface area (Å²) in [6.07, 6.45) is 1.54. The zero-order valence-corrected chi connectivity index (χ0v) is 8.50. The number of nitrogens with two attached hydrogens (primary N) is 1. The Labute approximate surface area is 86.3 Å². The monoisotopic (exact) mass is 205 g/mol. The van der Waals surface area contributed by atoms with Gasteiger partial charge in [0, 0.05) is 11.1 Å². The molecule has 0 aliphatic carbocycles. The normalized spacial score (nSPS) is 10.5. The fourth-order valence-electron chi connectivity index (χ4n) is 1.58. The predicted octanol–water partition coefficient (Wildman–Crippen LogP) is 1.24. The number of aryl methyl sites for hydroxylation is 1. The number of nitrogens with zero attached hydrogens (tertiary/aromatic N) is 1. The van der Waals surface area contributed by atoms with Gasteiger partial charge in [-0.25, -0.2) is 9.78 Å². The van der Waals surface area contributed by atoms with Crippen molar-refractivity contribution in [2.24, 2.45) is 0 Å². The van der Waals surface area contributed by atoms with E-state index in [9.17, 15) is 4.79 Å². The molecule has 5 heteroatoms. The van der Waals surface area contributed by atoms with Crippen molar-refractivity contribution < 1.29 is 9.53 Å². The third-order valence-electron chi connectivity index (χ3n) is 2.25. The molecular weight excluding hydrogens is 194 g/mol. The van der Waals surface area contributed by atoms with Gasteiger partial charge < -0.3 is 15.5 Å². The number of H-pyrrole nitrogens is 1. The molecule has 15 heavy (non-hydrogen) atoms. The standard InChI is InChI=1S/C10H11N3O2/c1-5-8(10(14)15-2)7-3-6(11)4-12-9(7)13-5/h3-4H,11H2,1-2H3,(H,12,13). The van der Waals surface area contributed by atoms with Crippen LogP contribution < -0.4 is 5.73 Å². The average molecular weight is 205 g/mol. The van der Waals surface area contributed by atoms with E-state index >= 15 is 0 Å². The van der Waals surface area contributed by atoms with Crippen LogP contribution in [0.15, 0.2) is 12.3 Å². The molecule has 0 saturated carbocycles. The Morgan fingerprint density at radius 3 is 3.00 bits per heavy atom. The second-order valence-electron chi connectivity index (χ2n) is 3.28. The van der Waals surface area contributed by atoms with Crippen molar-refractivity contribution in [1.82, 2.24) is 9.97 Å². The van der Waals surface area contributed by atoms with E-state index in [-0.39, 0.29) is 5.97 Å². The predicted molar refractivity (Wildman–Crippen MR) is 56.6 cm³/mol. The average Bonchev–Trinajstić information content (AvgIpc) is 2.52. The van der Waals surface area contributed by atoms with Crippen LogP contribution in [0.2, 0.25) is 0 Å². The van der Waals surface area contributed by atoms with Crippen LogP contribution in [0, 0.1) is 6.92 Å². The fourth-order valence-corrected chi connectivity index (χ4v) is 1.58. The van der Waals surface area contributed by atoms with Gasteiger partial charge in [0.15, 0.2) is 0 Å². The number of carbonyl (C=O) groups is 1. The first kappa shape index (κ1) is 9.51. The third-order valence-corrected chi connectivity index (χ3v) is 2.25. The molecule has 0 bridgehead atoms. The molecular formula is C10H11N3O2. The third kappa shape index (κ3) is 1.41. The number of rotatable bonds is 1. The van der Waals surface area contributed by atoms with Crippen LogP contribution in [0.25, 0.3) is 11.0 Å². The Morgan fingerprint density at radius 2 is 2.33 bits per heavy atom. The molecule has 0 radical (unpaired) electrons. The molecule has 0 aromatic carbocycles. The Morgan fingerprint density at radius 1 is 1.60 bits per heavy atom. The van der Waals surface area contributed by atoms with E-state index in [0.29, 0.717) is 22.3 Å². The lowest BCUT2D eigenvalue weighted by atomic mass is 10.1. The number of nitrogen functional groups attached to an aromatic ring is 1. The van der Waals surface area contributed by atoms with Crippen LogP contribution in [-0.2, 0) is 4.74 Å². The second-order valence-corrected chi connectivity index (χ2v) is 3.28. The first-order valence-corrected chi connectivity index (χ1v) is 4.45. The maximum absolute atomic E-state index is 11.5. The van der Waals surface area contributed by atoms with Crippen LogP contribution in [0.5, 0.6) is 0 Å². The molecule has 78 valence electrons. The summed E-state index contributed by atoms with van der Waals surface area (Å²) in [6, 6.07) is 1.71. The summed E-state index contributed by atoms with van der Waals surface area (Å²) in [4.78, 5) is 18.6. The summed E-state index contributed by atoms with van der Waals surface area (Å²) in [6.45, 7) is 1.80. The van der Waals surface area contributed by atoms with Crippen molar-refractivity contribution in [3.63, 3.8) is 0 Å². The van der Waals surface area contributed by atoms with Crippen molar-refractivity contribution in [2.45, 2.75) is 6.92 Å². The summed E-state index contributed by atoms with van der Waals surface area (Å²) >= 11 is 0. The van der Waals surface area contributed by atoms with Crippen molar-refractivity contribution in [2.75, 3.05) is 12.8 Å². The molecule has 2 rings (SSSR count). The first-order valence-electron chi connectivity index (χ1n) is 4.45. The summed E-state index contributed by atoms with van der Waals surface area (Å²) in [7, 11) is 1.35. The van der Waals surface area contributed by atoms with Gasteiger partial charge in [0.25, 0.3) is 0 Å². The Bertz CT molecular complexity index is 531. The van der Waals surface area contributed by atoms with Crippen LogP contribution in [-0.4, -0.2) is 23.0 Å². The van der Waals surface area contributed by atoms with E-state index in [4.69, 9.17) is 10.5 Å². The second kappa shape index (κ2) is 3.27. The molecule has 0 aliphatic heterocycles. The first-order chi connectivity index (χ1) is 7.13. The minimum Gasteiger partial charge on any atom is -0.465 e. The number of anilines is 1. The van der Waals surface area contributed by atoms with Gasteiger partial charge in [-0.2, -0.15) is 0 Å². The zero-order valence-electron chi connectivity index (χ0n) is 8.50. The number of aromatic amines is 1. The molecule has 0 amide bonds. The number of carbonyl (C=O) groups excluding carboxylic acids is 1. The molecule has 2 heterocycles. The van der Waals surface area contributed by atoms with E-state index in [0.717, 1.165) is 5.69 Å². The van der Waals surface area contributed by atoms with Crippen molar-refractivity contribution in [3.05, 3.63) is 23.5 Å². The maximum atomic E-state index is 11.5. The minimum absolute atomic E-state index is 0.383. The quantitative estimate of drug-likeness (QED) is 0.686. The molecule has 0 unspecified atom stereocenters. The van der Waals surface area contributed by atoms with Gasteiger partial charge in [-0.05, 0) is 13.0 Å². The fraction of sp³-hybridized carbons (Fsp3) is 0.200. The summed E-state index contributed by atoms with van der Waals surface area (Å²) < 4.78 is 4.70. The highest BCUT2D eigenvalue weighted by Gasteiger charge is 2.16. The van der Waals surface area contributed by atoms with Gasteiger partial charge in [0.05, 0.1) is 24.6 Å². The van der Waals surface area contributed by atoms with Gasteiger partial charge in [-0.15, -0.1) is 0 Å². The number of aromatic nitrogens is 2. The topological polar surface area (TPSA) is 81.0 Å². The minimum atomic E-state index is -0.383. The number of nitrogens with one attached hydrogen (secondary N) is 1. The van der Waals surface area contributed by atoms with Crippen molar-refractivity contribution >= 4 is 22.7 Å². The van der Waals surface area contributed by atoms with Crippen LogP contribution >= 0.6 is 0 Å². The number of fused-ring (bicyclic) bond motifs is 1. The van der Waals surface area contributed by atoms with Crippen molar-refractivity contribution in [3.8, 4) is 0 Å². The SMILES string of the molecule is COC(=O)c1c(C)[nH]c2ncc(N)cc12. The van der Waals surface area contributed by atoms with Gasteiger partial charge in [-0.3, -0.25) is 0 Å². The number of esters is 1. The highest BCUT2D eigenvalue weighted by molar-refractivity contribution is 6.05. The van der Waals surface area contributed by atoms with Gasteiger partial charge in [-0.1, -0.05) is 0 Å². The lowest BCUT2D eigenvalue weighted by Gasteiger charge is -1.98. The Balaban J connectivity index is 2.76. The summed E-state index contributed by atoms with van der Waals surface area (Å²) in [5.74, 6) is -0.383. The lowest BCUT2D eigenvalue weighted by Crippen LogP contribution is -2.02. The van der Waals surface area contributed by atoms with Gasteiger partial charge in [0.2, 0.25) is 0 Å². The molecule has 0 aliphatic rings. The number of ether oxygens (including phenoxy) is 1. The molecule has 0 atom stereocenters. The number of hydrogen-bond acceptors (Lipinski definition) is 4. The Hall–Kier alpha value is -2.04. The molecule has 2 aromatic heterocycles. The van der Waals surface area contributed by atoms with Crippen LogP contribution in [0.1, 0.15) is 16.1 Å². The molecule has 0 spiro atoms. The molecule has 0 saturated heterocycles. The molecule has 2 aromatic rings. The van der Waals surface area contributed by atoms with E-state index in [2.05, 4.69) is 9.97 Å². The highest BCUT2D eigenvalue weighted by atomic mass is 16.5. The van der Waals surface area contributed by atoms with E-state index in [1.807, 2.05) is 0 Å². The highest BCUT2D eigenvalue weighted by Crippen LogP contribution is 2.22. The molecule has 3 N–H and O–H groups in total. The molecule has 0 fully saturated rings. The number of pyridine rings is 1. The summed E-state index contributed by atoms with van der Waals surface area (Å²) in [5, 5.41) is 0.694. The van der Waals surface area contributed by atoms with E-state index in [1.54, 1.807) is 19.2 Å². The largest absolute Gasteiger partial charge is 0.465 e. The van der Waals surface area contributed by atoms with Gasteiger partial charge >= 0.3 is 5.97 Å². The summed E-state index contributed by atoms with van der Waals surface area (Å²) in [5.41, 5.74) is 8.00. The Kier molecular flexibility index (Phi) is 2.07. The van der Waals surface area contributed by atoms with Crippen LogP contribution in [0.4, 0.5) is 5.69 Å². The lowest BCUT2D eigenvalue weighted by molar-refractivity contribution is 0.0602. The molecule has 5 nitrogen and oxygen atoms in total.